The highest BCUT2D eigenvalue weighted by molar-refractivity contribution is 5.92. The first-order valence-corrected chi connectivity index (χ1v) is 8.16. The van der Waals surface area contributed by atoms with E-state index in [9.17, 15) is 9.59 Å². The number of ether oxygens (including phenoxy) is 2. The van der Waals surface area contributed by atoms with E-state index in [1.165, 1.54) is 13.0 Å². The van der Waals surface area contributed by atoms with Crippen LogP contribution >= 0.6 is 0 Å². The quantitative estimate of drug-likeness (QED) is 0.588. The molecule has 1 heterocycles. The molecule has 1 aromatic rings. The molecule has 1 unspecified atom stereocenters. The van der Waals surface area contributed by atoms with Crippen molar-refractivity contribution < 1.29 is 19.1 Å². The molecular formula is C18H24N2O4. The number of nitrogens with one attached hydrogen (secondary N) is 2. The zero-order chi connectivity index (χ0) is 17.5. The van der Waals surface area contributed by atoms with Crippen molar-refractivity contribution in [2.24, 2.45) is 0 Å². The average molecular weight is 332 g/mol. The second-order valence-corrected chi connectivity index (χ2v) is 5.67. The smallest absolute Gasteiger partial charge is 0.244 e. The molecule has 0 saturated carbocycles. The Kier molecular flexibility index (Phi) is 6.23. The highest BCUT2D eigenvalue weighted by atomic mass is 16.5. The molecular weight excluding hydrogens is 308 g/mol. The maximum Gasteiger partial charge on any atom is 0.244 e. The third-order valence-electron chi connectivity index (χ3n) is 3.54. The third-order valence-corrected chi connectivity index (χ3v) is 3.54. The lowest BCUT2D eigenvalue weighted by atomic mass is 10.1. The van der Waals surface area contributed by atoms with Gasteiger partial charge in [-0.3, -0.25) is 9.59 Å². The minimum Gasteiger partial charge on any atom is -0.493 e. The van der Waals surface area contributed by atoms with Gasteiger partial charge in [0, 0.05) is 43.6 Å². The standard InChI is InChI=1S/C18H24N2O4/c1-4-23-16-11-15-9-12(2)24-17(15)10-14(16)5-6-18(22)20-8-7-19-13(3)21/h5-6,10-12H,4,7-9H2,1-3H3,(H,19,21)(H,20,22). The van der Waals surface area contributed by atoms with E-state index >= 15 is 0 Å². The van der Waals surface area contributed by atoms with Gasteiger partial charge in [-0.1, -0.05) is 0 Å². The Balaban J connectivity index is 2.01. The first kappa shape index (κ1) is 17.8. The fraction of sp³-hybridized carbons (Fsp3) is 0.444. The Morgan fingerprint density at radius 2 is 2.08 bits per heavy atom. The molecule has 130 valence electrons. The van der Waals surface area contributed by atoms with E-state index < -0.39 is 0 Å². The number of benzene rings is 1. The van der Waals surface area contributed by atoms with Crippen LogP contribution in [0.4, 0.5) is 0 Å². The van der Waals surface area contributed by atoms with E-state index in [1.807, 2.05) is 26.0 Å². The molecule has 2 amide bonds. The molecule has 2 rings (SSSR count). The molecule has 0 aliphatic carbocycles. The molecule has 0 spiro atoms. The van der Waals surface area contributed by atoms with Crippen molar-refractivity contribution in [1.29, 1.82) is 0 Å². The Hall–Kier alpha value is -2.50. The van der Waals surface area contributed by atoms with Crippen LogP contribution in [-0.2, 0) is 16.0 Å². The van der Waals surface area contributed by atoms with Crippen molar-refractivity contribution in [2.45, 2.75) is 33.3 Å². The highest BCUT2D eigenvalue weighted by Crippen LogP contribution is 2.35. The first-order chi connectivity index (χ1) is 11.5. The minimum absolute atomic E-state index is 0.117. The Labute approximate surface area is 142 Å². The SMILES string of the molecule is CCOc1cc2c(cc1C=CC(=O)NCCNC(C)=O)OC(C)C2. The van der Waals surface area contributed by atoms with Crippen LogP contribution in [0.2, 0.25) is 0 Å². The lowest BCUT2D eigenvalue weighted by Crippen LogP contribution is -2.32. The summed E-state index contributed by atoms with van der Waals surface area (Å²) >= 11 is 0. The van der Waals surface area contributed by atoms with Crippen LogP contribution in [0.15, 0.2) is 18.2 Å². The number of carbonyl (C=O) groups is 2. The van der Waals surface area contributed by atoms with Gasteiger partial charge in [0.15, 0.2) is 0 Å². The summed E-state index contributed by atoms with van der Waals surface area (Å²) in [6.45, 7) is 6.73. The highest BCUT2D eigenvalue weighted by Gasteiger charge is 2.21. The molecule has 1 aliphatic rings. The molecule has 2 N–H and O–H groups in total. The number of fused-ring (bicyclic) bond motifs is 1. The molecule has 0 fully saturated rings. The van der Waals surface area contributed by atoms with Crippen LogP contribution in [0.3, 0.4) is 0 Å². The number of hydrogen-bond acceptors (Lipinski definition) is 4. The maximum atomic E-state index is 11.8. The summed E-state index contributed by atoms with van der Waals surface area (Å²) in [5.74, 6) is 1.25. The minimum atomic E-state index is -0.224. The molecule has 1 aromatic carbocycles. The van der Waals surface area contributed by atoms with E-state index in [1.54, 1.807) is 6.08 Å². The number of amides is 2. The summed E-state index contributed by atoms with van der Waals surface area (Å²) < 4.78 is 11.4. The van der Waals surface area contributed by atoms with Gasteiger partial charge in [-0.2, -0.15) is 0 Å². The maximum absolute atomic E-state index is 11.8. The predicted molar refractivity (Wildman–Crippen MR) is 92.1 cm³/mol. The van der Waals surface area contributed by atoms with Crippen LogP contribution in [0.5, 0.6) is 11.5 Å². The fourth-order valence-corrected chi connectivity index (χ4v) is 2.51. The Bertz CT molecular complexity index is 640. The van der Waals surface area contributed by atoms with Gasteiger partial charge in [0.2, 0.25) is 11.8 Å². The van der Waals surface area contributed by atoms with E-state index in [4.69, 9.17) is 9.47 Å². The van der Waals surface area contributed by atoms with Gasteiger partial charge in [-0.25, -0.2) is 0 Å². The van der Waals surface area contributed by atoms with Crippen LogP contribution in [0.1, 0.15) is 31.9 Å². The molecule has 6 nitrogen and oxygen atoms in total. The third kappa shape index (κ3) is 5.01. The first-order valence-electron chi connectivity index (χ1n) is 8.16. The van der Waals surface area contributed by atoms with E-state index in [0.717, 1.165) is 29.0 Å². The van der Waals surface area contributed by atoms with Crippen molar-refractivity contribution in [3.8, 4) is 11.5 Å². The molecule has 0 saturated heterocycles. The Morgan fingerprint density at radius 3 is 2.79 bits per heavy atom. The second-order valence-electron chi connectivity index (χ2n) is 5.67. The van der Waals surface area contributed by atoms with Crippen LogP contribution in [-0.4, -0.2) is 37.6 Å². The molecule has 0 bridgehead atoms. The molecule has 24 heavy (non-hydrogen) atoms. The van der Waals surface area contributed by atoms with E-state index in [-0.39, 0.29) is 17.9 Å². The van der Waals surface area contributed by atoms with Crippen molar-refractivity contribution in [3.05, 3.63) is 29.3 Å². The molecule has 6 heteroatoms. The summed E-state index contributed by atoms with van der Waals surface area (Å²) in [4.78, 5) is 22.6. The van der Waals surface area contributed by atoms with E-state index in [0.29, 0.717) is 19.7 Å². The van der Waals surface area contributed by atoms with Gasteiger partial charge in [0.25, 0.3) is 0 Å². The molecule has 1 aliphatic heterocycles. The topological polar surface area (TPSA) is 76.7 Å². The Morgan fingerprint density at radius 1 is 1.33 bits per heavy atom. The van der Waals surface area contributed by atoms with E-state index in [2.05, 4.69) is 10.6 Å². The second kappa shape index (κ2) is 8.38. The summed E-state index contributed by atoms with van der Waals surface area (Å²) in [7, 11) is 0. The molecule has 0 radical (unpaired) electrons. The van der Waals surface area contributed by atoms with Crippen molar-refractivity contribution in [1.82, 2.24) is 10.6 Å². The normalized spacial score (nSPS) is 15.7. The van der Waals surface area contributed by atoms with Crippen LogP contribution in [0.25, 0.3) is 6.08 Å². The lowest BCUT2D eigenvalue weighted by Gasteiger charge is -2.10. The fourth-order valence-electron chi connectivity index (χ4n) is 2.51. The summed E-state index contributed by atoms with van der Waals surface area (Å²) in [6, 6.07) is 3.89. The summed E-state index contributed by atoms with van der Waals surface area (Å²) in [5.41, 5.74) is 1.93. The van der Waals surface area contributed by atoms with Crippen LogP contribution < -0.4 is 20.1 Å². The largest absolute Gasteiger partial charge is 0.493 e. The lowest BCUT2D eigenvalue weighted by molar-refractivity contribution is -0.119. The van der Waals surface area contributed by atoms with Gasteiger partial charge in [0.05, 0.1) is 6.61 Å². The van der Waals surface area contributed by atoms with Crippen molar-refractivity contribution >= 4 is 17.9 Å². The molecule has 1 atom stereocenters. The van der Waals surface area contributed by atoms with Gasteiger partial charge >= 0.3 is 0 Å². The van der Waals surface area contributed by atoms with Gasteiger partial charge in [0.1, 0.15) is 17.6 Å². The summed E-state index contributed by atoms with van der Waals surface area (Å²) in [6.07, 6.45) is 4.19. The van der Waals surface area contributed by atoms with Crippen molar-refractivity contribution in [3.63, 3.8) is 0 Å². The average Bonchev–Trinajstić information content (AvgIpc) is 2.88. The zero-order valence-corrected chi connectivity index (χ0v) is 14.3. The zero-order valence-electron chi connectivity index (χ0n) is 14.3. The molecule has 0 aromatic heterocycles. The van der Waals surface area contributed by atoms with Crippen molar-refractivity contribution in [2.75, 3.05) is 19.7 Å². The van der Waals surface area contributed by atoms with Gasteiger partial charge in [-0.15, -0.1) is 0 Å². The van der Waals surface area contributed by atoms with Gasteiger partial charge in [-0.05, 0) is 32.1 Å². The predicted octanol–water partition coefficient (Wildman–Crippen LogP) is 1.67. The number of hydrogen-bond donors (Lipinski definition) is 2. The van der Waals surface area contributed by atoms with Gasteiger partial charge < -0.3 is 20.1 Å². The number of rotatable bonds is 7. The number of carbonyl (C=O) groups excluding carboxylic acids is 2. The monoisotopic (exact) mass is 332 g/mol. The van der Waals surface area contributed by atoms with Crippen LogP contribution in [0, 0.1) is 0 Å². The summed E-state index contributed by atoms with van der Waals surface area (Å²) in [5, 5.41) is 5.33.